The number of methoxy groups -OCH3 is 2. The van der Waals surface area contributed by atoms with Crippen LogP contribution in [0.3, 0.4) is 0 Å². The lowest BCUT2D eigenvalue weighted by Gasteiger charge is -2.11. The van der Waals surface area contributed by atoms with E-state index in [-0.39, 0.29) is 5.56 Å². The summed E-state index contributed by atoms with van der Waals surface area (Å²) in [6, 6.07) is 4.10. The van der Waals surface area contributed by atoms with Crippen molar-refractivity contribution >= 4 is 21.7 Å². The Morgan fingerprint density at radius 3 is 2.47 bits per heavy atom. The van der Waals surface area contributed by atoms with Crippen LogP contribution in [-0.2, 0) is 9.47 Å². The molecule has 1 rings (SSSR count). The first kappa shape index (κ1) is 12.3. The lowest BCUT2D eigenvalue weighted by molar-refractivity contribution is -0.0742. The third-order valence-electron chi connectivity index (χ3n) is 1.85. The van der Waals surface area contributed by atoms with E-state index in [4.69, 9.17) is 9.47 Å². The Bertz CT molecular complexity index is 364. The maximum absolute atomic E-state index is 13.1. The zero-order valence-electron chi connectivity index (χ0n) is 8.29. The van der Waals surface area contributed by atoms with Crippen LogP contribution in [0.2, 0.25) is 0 Å². The van der Waals surface area contributed by atoms with Crippen LogP contribution < -0.4 is 0 Å². The molecule has 5 heteroatoms. The molecule has 0 unspecified atom stereocenters. The highest BCUT2D eigenvalue weighted by molar-refractivity contribution is 9.10. The van der Waals surface area contributed by atoms with E-state index in [9.17, 15) is 9.18 Å². The molecule has 0 bridgehead atoms. The molecule has 3 nitrogen and oxygen atoms in total. The summed E-state index contributed by atoms with van der Waals surface area (Å²) in [5, 5.41) is 0. The molecule has 1 aromatic rings. The summed E-state index contributed by atoms with van der Waals surface area (Å²) in [6.45, 7) is 0. The van der Waals surface area contributed by atoms with Gasteiger partial charge >= 0.3 is 0 Å². The molecule has 0 aliphatic rings. The van der Waals surface area contributed by atoms with Crippen LogP contribution in [0.4, 0.5) is 4.39 Å². The Hall–Kier alpha value is -0.780. The van der Waals surface area contributed by atoms with Crippen molar-refractivity contribution in [2.45, 2.75) is 6.29 Å². The molecule has 0 atom stereocenters. The number of benzene rings is 1. The molecule has 0 aliphatic carbocycles. The average Bonchev–Trinajstić information content (AvgIpc) is 2.23. The van der Waals surface area contributed by atoms with Crippen LogP contribution in [0.5, 0.6) is 0 Å². The summed E-state index contributed by atoms with van der Waals surface area (Å²) in [7, 11) is 2.70. The molecule has 15 heavy (non-hydrogen) atoms. The van der Waals surface area contributed by atoms with Gasteiger partial charge < -0.3 is 9.47 Å². The third kappa shape index (κ3) is 2.84. The predicted molar refractivity (Wildman–Crippen MR) is 56.2 cm³/mol. The molecule has 0 aromatic heterocycles. The van der Waals surface area contributed by atoms with Gasteiger partial charge in [-0.05, 0) is 34.1 Å². The number of carbonyl (C=O) groups is 1. The minimum atomic E-state index is -0.995. The van der Waals surface area contributed by atoms with Crippen molar-refractivity contribution in [3.8, 4) is 0 Å². The Kier molecular flexibility index (Phi) is 4.38. The van der Waals surface area contributed by atoms with Gasteiger partial charge in [-0.25, -0.2) is 4.39 Å². The topological polar surface area (TPSA) is 35.5 Å². The number of ether oxygens (including phenoxy) is 2. The number of hydrogen-bond donors (Lipinski definition) is 0. The fourth-order valence-corrected chi connectivity index (χ4v) is 1.34. The SMILES string of the molecule is COC(OC)C(=O)c1ccc(Br)c(F)c1. The number of carbonyl (C=O) groups excluding carboxylic acids is 1. The third-order valence-corrected chi connectivity index (χ3v) is 2.49. The first-order valence-corrected chi connectivity index (χ1v) is 4.94. The van der Waals surface area contributed by atoms with Crippen LogP contribution in [0, 0.1) is 5.82 Å². The van der Waals surface area contributed by atoms with Gasteiger partial charge in [0, 0.05) is 19.8 Å². The zero-order valence-corrected chi connectivity index (χ0v) is 9.88. The maximum Gasteiger partial charge on any atom is 0.222 e. The van der Waals surface area contributed by atoms with Crippen molar-refractivity contribution in [2.75, 3.05) is 14.2 Å². The molecule has 0 heterocycles. The quantitative estimate of drug-likeness (QED) is 0.626. The number of Topliss-reactive ketones (excluding diaryl/α,β-unsaturated/α-hetero) is 1. The number of ketones is 1. The van der Waals surface area contributed by atoms with Gasteiger partial charge in [-0.3, -0.25) is 4.79 Å². The summed E-state index contributed by atoms with van der Waals surface area (Å²) in [5.74, 6) is -0.904. The van der Waals surface area contributed by atoms with Gasteiger partial charge in [0.15, 0.2) is 0 Å². The van der Waals surface area contributed by atoms with E-state index in [0.29, 0.717) is 4.47 Å². The van der Waals surface area contributed by atoms with Gasteiger partial charge in [0.2, 0.25) is 12.1 Å². The fraction of sp³-hybridized carbons (Fsp3) is 0.300. The van der Waals surface area contributed by atoms with Gasteiger partial charge in [0.1, 0.15) is 5.82 Å². The Balaban J connectivity index is 2.96. The van der Waals surface area contributed by atoms with E-state index in [1.54, 1.807) is 0 Å². The molecular weight excluding hydrogens is 267 g/mol. The summed E-state index contributed by atoms with van der Waals surface area (Å²) in [6.07, 6.45) is -0.995. The van der Waals surface area contributed by atoms with Crippen molar-refractivity contribution in [1.29, 1.82) is 0 Å². The molecular formula is C10H10BrFO3. The van der Waals surface area contributed by atoms with Crippen LogP contribution in [0.15, 0.2) is 22.7 Å². The molecule has 0 amide bonds. The van der Waals surface area contributed by atoms with Crippen LogP contribution in [-0.4, -0.2) is 26.3 Å². The second-order valence-corrected chi connectivity index (χ2v) is 3.65. The second kappa shape index (κ2) is 5.34. The summed E-state index contributed by atoms with van der Waals surface area (Å²) in [5.41, 5.74) is 0.212. The van der Waals surface area contributed by atoms with Crippen LogP contribution >= 0.6 is 15.9 Å². The highest BCUT2D eigenvalue weighted by Crippen LogP contribution is 2.17. The van der Waals surface area contributed by atoms with Crippen molar-refractivity contribution in [1.82, 2.24) is 0 Å². The van der Waals surface area contributed by atoms with E-state index in [1.165, 1.54) is 26.4 Å². The smallest absolute Gasteiger partial charge is 0.222 e. The average molecular weight is 277 g/mol. The van der Waals surface area contributed by atoms with Crippen molar-refractivity contribution < 1.29 is 18.7 Å². The first-order valence-electron chi connectivity index (χ1n) is 4.15. The lowest BCUT2D eigenvalue weighted by Crippen LogP contribution is -2.25. The second-order valence-electron chi connectivity index (χ2n) is 2.80. The summed E-state index contributed by atoms with van der Waals surface area (Å²) in [4.78, 5) is 11.6. The number of halogens is 2. The molecule has 0 saturated carbocycles. The van der Waals surface area contributed by atoms with Gasteiger partial charge in [-0.15, -0.1) is 0 Å². The molecule has 0 spiro atoms. The zero-order chi connectivity index (χ0) is 11.4. The Morgan fingerprint density at radius 1 is 1.40 bits per heavy atom. The van der Waals surface area contributed by atoms with E-state index >= 15 is 0 Å². The molecule has 0 saturated heterocycles. The van der Waals surface area contributed by atoms with Crippen molar-refractivity contribution in [3.63, 3.8) is 0 Å². The predicted octanol–water partition coefficient (Wildman–Crippen LogP) is 2.39. The molecule has 82 valence electrons. The van der Waals surface area contributed by atoms with E-state index in [0.717, 1.165) is 6.07 Å². The van der Waals surface area contributed by atoms with Gasteiger partial charge in [0.05, 0.1) is 4.47 Å². The molecule has 0 N–H and O–H groups in total. The molecule has 0 fully saturated rings. The highest BCUT2D eigenvalue weighted by Gasteiger charge is 2.19. The number of hydrogen-bond acceptors (Lipinski definition) is 3. The van der Waals surface area contributed by atoms with Crippen LogP contribution in [0.1, 0.15) is 10.4 Å². The monoisotopic (exact) mass is 276 g/mol. The number of rotatable bonds is 4. The maximum atomic E-state index is 13.1. The Labute approximate surface area is 95.3 Å². The summed E-state index contributed by atoms with van der Waals surface area (Å²) < 4.78 is 23.0. The van der Waals surface area contributed by atoms with Crippen LogP contribution in [0.25, 0.3) is 0 Å². The normalized spacial score (nSPS) is 10.7. The van der Waals surface area contributed by atoms with E-state index in [2.05, 4.69) is 15.9 Å². The molecule has 0 radical (unpaired) electrons. The standard InChI is InChI=1S/C10H10BrFO3/c1-14-10(15-2)9(13)6-3-4-7(11)8(12)5-6/h3-5,10H,1-2H3. The Morgan fingerprint density at radius 2 is 2.00 bits per heavy atom. The highest BCUT2D eigenvalue weighted by atomic mass is 79.9. The van der Waals surface area contributed by atoms with Crippen molar-refractivity contribution in [2.24, 2.45) is 0 Å². The molecule has 0 aliphatic heterocycles. The lowest BCUT2D eigenvalue weighted by atomic mass is 10.1. The molecule has 1 aromatic carbocycles. The largest absolute Gasteiger partial charge is 0.349 e. The van der Waals surface area contributed by atoms with Crippen molar-refractivity contribution in [3.05, 3.63) is 34.1 Å². The minimum Gasteiger partial charge on any atom is -0.349 e. The van der Waals surface area contributed by atoms with Gasteiger partial charge in [-0.1, -0.05) is 0 Å². The summed E-state index contributed by atoms with van der Waals surface area (Å²) >= 11 is 3.00. The fourth-order valence-electron chi connectivity index (χ4n) is 1.10. The van der Waals surface area contributed by atoms with E-state index in [1.807, 2.05) is 0 Å². The van der Waals surface area contributed by atoms with E-state index < -0.39 is 17.9 Å². The first-order chi connectivity index (χ1) is 7.10. The van der Waals surface area contributed by atoms with Gasteiger partial charge in [-0.2, -0.15) is 0 Å². The van der Waals surface area contributed by atoms with Gasteiger partial charge in [0.25, 0.3) is 0 Å². The minimum absolute atomic E-state index is 0.212.